The highest BCUT2D eigenvalue weighted by Crippen LogP contribution is 2.26. The summed E-state index contributed by atoms with van der Waals surface area (Å²) >= 11 is 0. The van der Waals surface area contributed by atoms with Gasteiger partial charge in [0.15, 0.2) is 0 Å². The lowest BCUT2D eigenvalue weighted by atomic mass is 9.86. The van der Waals surface area contributed by atoms with Gasteiger partial charge < -0.3 is 16.0 Å². The number of hydrogen-bond acceptors (Lipinski definition) is 2. The highest BCUT2D eigenvalue weighted by Gasteiger charge is 2.21. The molecular formula is C17H25N3O. The minimum atomic E-state index is -0.412. The second-order valence-electron chi connectivity index (χ2n) is 7.28. The predicted molar refractivity (Wildman–Crippen MR) is 87.6 cm³/mol. The molecule has 0 radical (unpaired) electrons. The third kappa shape index (κ3) is 3.45. The SMILES string of the molecule is CC(C)(CN)NC(=O)c1cc2cc(C(C)(C)C)ccc2[nH]1. The molecule has 0 atom stereocenters. The number of benzene rings is 1. The number of nitrogens with two attached hydrogens (primary N) is 1. The lowest BCUT2D eigenvalue weighted by molar-refractivity contribution is 0.0911. The zero-order valence-electron chi connectivity index (χ0n) is 13.5. The Labute approximate surface area is 126 Å². The molecule has 0 aliphatic heterocycles. The number of amides is 1. The van der Waals surface area contributed by atoms with Gasteiger partial charge in [0.05, 0.1) is 0 Å². The second kappa shape index (κ2) is 5.19. The first-order chi connectivity index (χ1) is 9.62. The number of H-pyrrole nitrogens is 1. The fourth-order valence-corrected chi connectivity index (χ4v) is 2.15. The molecule has 0 saturated carbocycles. The minimum absolute atomic E-state index is 0.0927. The van der Waals surface area contributed by atoms with E-state index in [0.717, 1.165) is 10.9 Å². The van der Waals surface area contributed by atoms with Crippen molar-refractivity contribution in [2.24, 2.45) is 5.73 Å². The summed E-state index contributed by atoms with van der Waals surface area (Å²) < 4.78 is 0. The van der Waals surface area contributed by atoms with Crippen LogP contribution in [-0.2, 0) is 5.41 Å². The standard InChI is InChI=1S/C17H25N3O/c1-16(2,3)12-6-7-13-11(8-12)9-14(19-13)15(21)20-17(4,5)10-18/h6-9,19H,10,18H2,1-5H3,(H,20,21). The Morgan fingerprint density at radius 1 is 1.19 bits per heavy atom. The van der Waals surface area contributed by atoms with Crippen molar-refractivity contribution in [3.05, 3.63) is 35.5 Å². The first-order valence-electron chi connectivity index (χ1n) is 7.28. The van der Waals surface area contributed by atoms with Gasteiger partial charge in [-0.15, -0.1) is 0 Å². The molecule has 21 heavy (non-hydrogen) atoms. The number of nitrogens with one attached hydrogen (secondary N) is 2. The summed E-state index contributed by atoms with van der Waals surface area (Å²) in [5.74, 6) is -0.126. The number of aromatic nitrogens is 1. The molecule has 0 aliphatic carbocycles. The summed E-state index contributed by atoms with van der Waals surface area (Å²) in [5, 5.41) is 3.99. The van der Waals surface area contributed by atoms with E-state index in [4.69, 9.17) is 5.73 Å². The first kappa shape index (κ1) is 15.6. The highest BCUT2D eigenvalue weighted by atomic mass is 16.2. The van der Waals surface area contributed by atoms with E-state index in [1.807, 2.05) is 26.0 Å². The van der Waals surface area contributed by atoms with E-state index in [2.05, 4.69) is 43.2 Å². The molecular weight excluding hydrogens is 262 g/mol. The van der Waals surface area contributed by atoms with E-state index >= 15 is 0 Å². The zero-order valence-corrected chi connectivity index (χ0v) is 13.5. The van der Waals surface area contributed by atoms with E-state index in [-0.39, 0.29) is 11.3 Å². The number of carbonyl (C=O) groups excluding carboxylic acids is 1. The predicted octanol–water partition coefficient (Wildman–Crippen LogP) is 2.93. The summed E-state index contributed by atoms with van der Waals surface area (Å²) in [5.41, 5.74) is 8.12. The third-order valence-electron chi connectivity index (χ3n) is 3.69. The number of rotatable bonds is 3. The Balaban J connectivity index is 2.33. The van der Waals surface area contributed by atoms with Crippen LogP contribution < -0.4 is 11.1 Å². The number of carbonyl (C=O) groups is 1. The van der Waals surface area contributed by atoms with Crippen LogP contribution in [0.25, 0.3) is 10.9 Å². The molecule has 1 aromatic carbocycles. The molecule has 0 saturated heterocycles. The molecule has 1 aromatic heterocycles. The molecule has 0 spiro atoms. The number of hydrogen-bond donors (Lipinski definition) is 3. The van der Waals surface area contributed by atoms with Crippen molar-refractivity contribution < 1.29 is 4.79 Å². The summed E-state index contributed by atoms with van der Waals surface area (Å²) in [7, 11) is 0. The average molecular weight is 287 g/mol. The smallest absolute Gasteiger partial charge is 0.268 e. The monoisotopic (exact) mass is 287 g/mol. The van der Waals surface area contributed by atoms with Gasteiger partial charge in [-0.3, -0.25) is 4.79 Å². The van der Waals surface area contributed by atoms with Crippen molar-refractivity contribution in [1.29, 1.82) is 0 Å². The molecule has 1 heterocycles. The van der Waals surface area contributed by atoms with Crippen molar-refractivity contribution in [3.63, 3.8) is 0 Å². The fourth-order valence-electron chi connectivity index (χ4n) is 2.15. The van der Waals surface area contributed by atoms with Crippen LogP contribution >= 0.6 is 0 Å². The van der Waals surface area contributed by atoms with E-state index < -0.39 is 5.54 Å². The van der Waals surface area contributed by atoms with E-state index in [1.54, 1.807) is 0 Å². The van der Waals surface area contributed by atoms with Gasteiger partial charge in [0, 0.05) is 23.0 Å². The quantitative estimate of drug-likeness (QED) is 0.812. The van der Waals surface area contributed by atoms with Gasteiger partial charge in [-0.25, -0.2) is 0 Å². The van der Waals surface area contributed by atoms with Crippen molar-refractivity contribution >= 4 is 16.8 Å². The summed E-state index contributed by atoms with van der Waals surface area (Å²) in [4.78, 5) is 15.4. The van der Waals surface area contributed by atoms with Crippen LogP contribution in [0.5, 0.6) is 0 Å². The number of aromatic amines is 1. The van der Waals surface area contributed by atoms with Gasteiger partial charge in [0.1, 0.15) is 5.69 Å². The van der Waals surface area contributed by atoms with Gasteiger partial charge in [-0.2, -0.15) is 0 Å². The van der Waals surface area contributed by atoms with Gasteiger partial charge in [-0.05, 0) is 43.0 Å². The van der Waals surface area contributed by atoms with Crippen LogP contribution in [-0.4, -0.2) is 23.0 Å². The molecule has 2 rings (SSSR count). The Morgan fingerprint density at radius 2 is 1.86 bits per heavy atom. The normalized spacial score (nSPS) is 12.7. The molecule has 0 aliphatic rings. The van der Waals surface area contributed by atoms with Crippen molar-refractivity contribution in [2.45, 2.75) is 45.6 Å². The summed E-state index contributed by atoms with van der Waals surface area (Å²) in [6.07, 6.45) is 0. The topological polar surface area (TPSA) is 70.9 Å². The lowest BCUT2D eigenvalue weighted by Crippen LogP contribution is -2.48. The van der Waals surface area contributed by atoms with Crippen LogP contribution in [0.2, 0.25) is 0 Å². The molecule has 1 amide bonds. The fraction of sp³-hybridized carbons (Fsp3) is 0.471. The van der Waals surface area contributed by atoms with Gasteiger partial charge in [-0.1, -0.05) is 26.8 Å². The second-order valence-corrected chi connectivity index (χ2v) is 7.28. The summed E-state index contributed by atoms with van der Waals surface area (Å²) in [6.45, 7) is 10.7. The van der Waals surface area contributed by atoms with Gasteiger partial charge in [0.2, 0.25) is 0 Å². The maximum Gasteiger partial charge on any atom is 0.268 e. The lowest BCUT2D eigenvalue weighted by Gasteiger charge is -2.23. The largest absolute Gasteiger partial charge is 0.351 e. The van der Waals surface area contributed by atoms with Gasteiger partial charge in [0.25, 0.3) is 5.91 Å². The molecule has 4 N–H and O–H groups in total. The van der Waals surface area contributed by atoms with E-state index in [0.29, 0.717) is 12.2 Å². The maximum absolute atomic E-state index is 12.3. The van der Waals surface area contributed by atoms with Crippen LogP contribution in [0.15, 0.2) is 24.3 Å². The van der Waals surface area contributed by atoms with Crippen LogP contribution in [0.1, 0.15) is 50.7 Å². The Morgan fingerprint density at radius 3 is 2.43 bits per heavy atom. The number of fused-ring (bicyclic) bond motifs is 1. The van der Waals surface area contributed by atoms with Crippen LogP contribution in [0.4, 0.5) is 0 Å². The van der Waals surface area contributed by atoms with E-state index in [9.17, 15) is 4.79 Å². The van der Waals surface area contributed by atoms with Crippen LogP contribution in [0, 0.1) is 0 Å². The van der Waals surface area contributed by atoms with Crippen LogP contribution in [0.3, 0.4) is 0 Å². The molecule has 2 aromatic rings. The molecule has 4 heteroatoms. The third-order valence-corrected chi connectivity index (χ3v) is 3.69. The molecule has 0 bridgehead atoms. The maximum atomic E-state index is 12.3. The van der Waals surface area contributed by atoms with Crippen molar-refractivity contribution in [2.75, 3.05) is 6.54 Å². The first-order valence-corrected chi connectivity index (χ1v) is 7.28. The molecule has 4 nitrogen and oxygen atoms in total. The summed E-state index contributed by atoms with van der Waals surface area (Å²) in [6, 6.07) is 8.16. The Hall–Kier alpha value is -1.81. The Kier molecular flexibility index (Phi) is 3.85. The zero-order chi connectivity index (χ0) is 15.8. The van der Waals surface area contributed by atoms with E-state index in [1.165, 1.54) is 5.56 Å². The molecule has 0 unspecified atom stereocenters. The van der Waals surface area contributed by atoms with Crippen molar-refractivity contribution in [3.8, 4) is 0 Å². The van der Waals surface area contributed by atoms with Gasteiger partial charge >= 0.3 is 0 Å². The Bertz CT molecular complexity index is 662. The highest BCUT2D eigenvalue weighted by molar-refractivity contribution is 5.98. The van der Waals surface area contributed by atoms with Crippen molar-refractivity contribution in [1.82, 2.24) is 10.3 Å². The minimum Gasteiger partial charge on any atom is -0.351 e. The molecule has 0 fully saturated rings. The molecule has 114 valence electrons. The average Bonchev–Trinajstić information content (AvgIpc) is 2.80.